The summed E-state index contributed by atoms with van der Waals surface area (Å²) in [6, 6.07) is 10.2. The van der Waals surface area contributed by atoms with Gasteiger partial charge in [0.2, 0.25) is 0 Å². The highest BCUT2D eigenvalue weighted by Crippen LogP contribution is 2.16. The standard InChI is InChI=1S/C16H20N2OS/c1-4-18(16(19)14-9-10-20-12-14)11-13-5-7-15(8-6-13)17(2)3/h5-10,12H,4,11H2,1-3H3. The maximum atomic E-state index is 12.3. The molecule has 3 nitrogen and oxygen atoms in total. The van der Waals surface area contributed by atoms with Gasteiger partial charge in [-0.25, -0.2) is 0 Å². The zero-order valence-corrected chi connectivity index (χ0v) is 13.0. The Bertz CT molecular complexity index is 546. The van der Waals surface area contributed by atoms with Crippen molar-refractivity contribution < 1.29 is 4.79 Å². The van der Waals surface area contributed by atoms with Gasteiger partial charge in [-0.3, -0.25) is 4.79 Å². The van der Waals surface area contributed by atoms with Crippen LogP contribution >= 0.6 is 11.3 Å². The molecule has 1 heterocycles. The summed E-state index contributed by atoms with van der Waals surface area (Å²) in [5.41, 5.74) is 3.10. The van der Waals surface area contributed by atoms with Gasteiger partial charge in [0, 0.05) is 38.3 Å². The van der Waals surface area contributed by atoms with E-state index >= 15 is 0 Å². The van der Waals surface area contributed by atoms with E-state index < -0.39 is 0 Å². The summed E-state index contributed by atoms with van der Waals surface area (Å²) in [7, 11) is 4.04. The van der Waals surface area contributed by atoms with Crippen molar-refractivity contribution in [1.29, 1.82) is 0 Å². The molecule has 0 saturated heterocycles. The van der Waals surface area contributed by atoms with Gasteiger partial charge in [-0.1, -0.05) is 12.1 Å². The van der Waals surface area contributed by atoms with Crippen LogP contribution in [0.2, 0.25) is 0 Å². The van der Waals surface area contributed by atoms with Crippen molar-refractivity contribution >= 4 is 22.9 Å². The van der Waals surface area contributed by atoms with Crippen LogP contribution < -0.4 is 4.90 Å². The molecule has 0 aliphatic rings. The molecule has 0 aliphatic carbocycles. The topological polar surface area (TPSA) is 23.6 Å². The van der Waals surface area contributed by atoms with Gasteiger partial charge in [-0.05, 0) is 36.1 Å². The molecule has 0 unspecified atom stereocenters. The van der Waals surface area contributed by atoms with E-state index in [1.165, 1.54) is 5.69 Å². The number of anilines is 1. The highest BCUT2D eigenvalue weighted by atomic mass is 32.1. The van der Waals surface area contributed by atoms with Crippen LogP contribution in [0.15, 0.2) is 41.1 Å². The van der Waals surface area contributed by atoms with E-state index in [4.69, 9.17) is 0 Å². The molecule has 0 radical (unpaired) electrons. The lowest BCUT2D eigenvalue weighted by Gasteiger charge is -2.21. The molecular formula is C16H20N2OS. The number of carbonyl (C=O) groups is 1. The lowest BCUT2D eigenvalue weighted by molar-refractivity contribution is 0.0753. The molecule has 1 aromatic carbocycles. The average molecular weight is 288 g/mol. The minimum absolute atomic E-state index is 0.102. The van der Waals surface area contributed by atoms with E-state index in [-0.39, 0.29) is 5.91 Å². The third-order valence-corrected chi connectivity index (χ3v) is 3.95. The lowest BCUT2D eigenvalue weighted by atomic mass is 10.1. The Kier molecular flexibility index (Phi) is 4.79. The first-order valence-corrected chi connectivity index (χ1v) is 7.64. The largest absolute Gasteiger partial charge is 0.378 e. The molecular weight excluding hydrogens is 268 g/mol. The second kappa shape index (κ2) is 6.57. The van der Waals surface area contributed by atoms with Crippen LogP contribution in [-0.2, 0) is 6.54 Å². The molecule has 0 saturated carbocycles. The van der Waals surface area contributed by atoms with E-state index in [9.17, 15) is 4.79 Å². The van der Waals surface area contributed by atoms with Gasteiger partial charge >= 0.3 is 0 Å². The fraction of sp³-hybridized carbons (Fsp3) is 0.312. The molecule has 0 aliphatic heterocycles. The van der Waals surface area contributed by atoms with Crippen molar-refractivity contribution in [2.45, 2.75) is 13.5 Å². The predicted molar refractivity (Wildman–Crippen MR) is 85.5 cm³/mol. The van der Waals surface area contributed by atoms with Crippen LogP contribution in [0.3, 0.4) is 0 Å². The van der Waals surface area contributed by atoms with Gasteiger partial charge < -0.3 is 9.80 Å². The van der Waals surface area contributed by atoms with Crippen molar-refractivity contribution in [2.24, 2.45) is 0 Å². The third kappa shape index (κ3) is 3.39. The van der Waals surface area contributed by atoms with E-state index in [1.807, 2.05) is 42.7 Å². The molecule has 106 valence electrons. The predicted octanol–water partition coefficient (Wildman–Crippen LogP) is 3.48. The van der Waals surface area contributed by atoms with Gasteiger partial charge in [0.25, 0.3) is 5.91 Å². The van der Waals surface area contributed by atoms with E-state index in [0.717, 1.165) is 11.1 Å². The van der Waals surface area contributed by atoms with Gasteiger partial charge in [-0.15, -0.1) is 0 Å². The zero-order chi connectivity index (χ0) is 14.5. The summed E-state index contributed by atoms with van der Waals surface area (Å²) in [5.74, 6) is 0.102. The first kappa shape index (κ1) is 14.6. The van der Waals surface area contributed by atoms with E-state index in [2.05, 4.69) is 29.2 Å². The maximum absolute atomic E-state index is 12.3. The Morgan fingerprint density at radius 3 is 2.35 bits per heavy atom. The van der Waals surface area contributed by atoms with Crippen molar-refractivity contribution in [3.8, 4) is 0 Å². The van der Waals surface area contributed by atoms with Crippen molar-refractivity contribution in [3.05, 3.63) is 52.2 Å². The highest BCUT2D eigenvalue weighted by molar-refractivity contribution is 7.08. The minimum Gasteiger partial charge on any atom is -0.378 e. The Balaban J connectivity index is 2.08. The molecule has 4 heteroatoms. The number of benzene rings is 1. The number of amides is 1. The molecule has 0 bridgehead atoms. The van der Waals surface area contributed by atoms with E-state index in [1.54, 1.807) is 11.3 Å². The molecule has 1 aromatic heterocycles. The van der Waals surface area contributed by atoms with Crippen molar-refractivity contribution in [2.75, 3.05) is 25.5 Å². The lowest BCUT2D eigenvalue weighted by Crippen LogP contribution is -2.29. The summed E-state index contributed by atoms with van der Waals surface area (Å²) >= 11 is 1.55. The molecule has 0 spiro atoms. The number of hydrogen-bond acceptors (Lipinski definition) is 3. The monoisotopic (exact) mass is 288 g/mol. The number of carbonyl (C=O) groups excluding carboxylic acids is 1. The summed E-state index contributed by atoms with van der Waals surface area (Å²) < 4.78 is 0. The Labute approximate surface area is 124 Å². The van der Waals surface area contributed by atoms with Gasteiger partial charge in [0.05, 0.1) is 5.56 Å². The number of thiophene rings is 1. The summed E-state index contributed by atoms with van der Waals surface area (Å²) in [6.45, 7) is 3.38. The van der Waals surface area contributed by atoms with Gasteiger partial charge in [-0.2, -0.15) is 11.3 Å². The van der Waals surface area contributed by atoms with Crippen LogP contribution in [0.1, 0.15) is 22.8 Å². The molecule has 2 aromatic rings. The summed E-state index contributed by atoms with van der Waals surface area (Å²) in [5, 5.41) is 3.84. The van der Waals surface area contributed by atoms with Crippen LogP contribution in [0, 0.1) is 0 Å². The first-order valence-electron chi connectivity index (χ1n) is 6.69. The fourth-order valence-corrected chi connectivity index (χ4v) is 2.65. The maximum Gasteiger partial charge on any atom is 0.254 e. The molecule has 20 heavy (non-hydrogen) atoms. The highest BCUT2D eigenvalue weighted by Gasteiger charge is 2.14. The average Bonchev–Trinajstić information content (AvgIpc) is 2.98. The Morgan fingerprint density at radius 2 is 1.85 bits per heavy atom. The van der Waals surface area contributed by atoms with Crippen LogP contribution in [-0.4, -0.2) is 31.4 Å². The zero-order valence-electron chi connectivity index (χ0n) is 12.2. The van der Waals surface area contributed by atoms with Crippen molar-refractivity contribution in [3.63, 3.8) is 0 Å². The van der Waals surface area contributed by atoms with Gasteiger partial charge in [0.1, 0.15) is 0 Å². The molecule has 0 atom stereocenters. The number of nitrogens with zero attached hydrogens (tertiary/aromatic N) is 2. The quantitative estimate of drug-likeness (QED) is 0.841. The van der Waals surface area contributed by atoms with Crippen LogP contribution in [0.4, 0.5) is 5.69 Å². The fourth-order valence-electron chi connectivity index (χ4n) is 2.02. The molecule has 1 amide bonds. The van der Waals surface area contributed by atoms with Crippen LogP contribution in [0.25, 0.3) is 0 Å². The molecule has 0 N–H and O–H groups in total. The van der Waals surface area contributed by atoms with Gasteiger partial charge in [0.15, 0.2) is 0 Å². The molecule has 2 rings (SSSR count). The summed E-state index contributed by atoms with van der Waals surface area (Å²) in [4.78, 5) is 16.3. The first-order chi connectivity index (χ1) is 9.61. The third-order valence-electron chi connectivity index (χ3n) is 3.26. The Morgan fingerprint density at radius 1 is 1.15 bits per heavy atom. The Hall–Kier alpha value is -1.81. The summed E-state index contributed by atoms with van der Waals surface area (Å²) in [6.07, 6.45) is 0. The minimum atomic E-state index is 0.102. The molecule has 0 fully saturated rings. The van der Waals surface area contributed by atoms with E-state index in [0.29, 0.717) is 13.1 Å². The normalized spacial score (nSPS) is 10.3. The second-order valence-corrected chi connectivity index (χ2v) is 5.67. The second-order valence-electron chi connectivity index (χ2n) is 4.89. The van der Waals surface area contributed by atoms with Crippen LogP contribution in [0.5, 0.6) is 0 Å². The number of hydrogen-bond donors (Lipinski definition) is 0. The smallest absolute Gasteiger partial charge is 0.254 e. The van der Waals surface area contributed by atoms with Crippen molar-refractivity contribution in [1.82, 2.24) is 4.90 Å². The number of rotatable bonds is 5. The SMILES string of the molecule is CCN(Cc1ccc(N(C)C)cc1)C(=O)c1ccsc1.